The molecule has 1 saturated heterocycles. The normalized spacial score (nSPS) is 16.5. The second-order valence-corrected chi connectivity index (χ2v) is 8.40. The average Bonchev–Trinajstić information content (AvgIpc) is 2.84. The Labute approximate surface area is 189 Å². The van der Waals surface area contributed by atoms with Gasteiger partial charge in [0.1, 0.15) is 0 Å². The van der Waals surface area contributed by atoms with E-state index >= 15 is 0 Å². The predicted octanol–water partition coefficient (Wildman–Crippen LogP) is 3.10. The Morgan fingerprint density at radius 3 is 2.69 bits per heavy atom. The molecule has 0 aliphatic carbocycles. The van der Waals surface area contributed by atoms with Gasteiger partial charge in [0.15, 0.2) is 0 Å². The van der Waals surface area contributed by atoms with Gasteiger partial charge in [0.25, 0.3) is 0 Å². The van der Waals surface area contributed by atoms with E-state index in [0.29, 0.717) is 19.0 Å². The summed E-state index contributed by atoms with van der Waals surface area (Å²) in [6.07, 6.45) is 5.76. The van der Waals surface area contributed by atoms with Crippen LogP contribution in [-0.2, 0) is 11.3 Å². The molecule has 166 valence electrons. The van der Waals surface area contributed by atoms with Crippen molar-refractivity contribution < 1.29 is 4.79 Å². The number of benzene rings is 1. The zero-order chi connectivity index (χ0) is 22.3. The third-order valence-corrected chi connectivity index (χ3v) is 5.74. The molecule has 1 atom stereocenters. The van der Waals surface area contributed by atoms with E-state index in [9.17, 15) is 4.79 Å². The van der Waals surface area contributed by atoms with E-state index in [0.717, 1.165) is 48.4 Å². The minimum absolute atomic E-state index is 0.0243. The molecular formula is C25H30N6O. The van der Waals surface area contributed by atoms with E-state index in [-0.39, 0.29) is 11.8 Å². The zero-order valence-electron chi connectivity index (χ0n) is 18.7. The summed E-state index contributed by atoms with van der Waals surface area (Å²) in [5, 5.41) is 2.99. The van der Waals surface area contributed by atoms with Gasteiger partial charge in [-0.05, 0) is 37.1 Å². The largest absolute Gasteiger partial charge is 0.349 e. The van der Waals surface area contributed by atoms with Gasteiger partial charge in [-0.2, -0.15) is 0 Å². The molecular weight excluding hydrogens is 400 g/mol. The van der Waals surface area contributed by atoms with Crippen LogP contribution in [0.4, 0.5) is 5.95 Å². The van der Waals surface area contributed by atoms with Crippen LogP contribution in [0, 0.1) is 0 Å². The van der Waals surface area contributed by atoms with Crippen LogP contribution in [-0.4, -0.2) is 59.5 Å². The Morgan fingerprint density at radius 1 is 1.12 bits per heavy atom. The molecule has 0 saturated carbocycles. The highest BCUT2D eigenvalue weighted by Crippen LogP contribution is 2.33. The van der Waals surface area contributed by atoms with Crippen LogP contribution in [0.25, 0.3) is 11.1 Å². The minimum Gasteiger partial charge on any atom is -0.349 e. The van der Waals surface area contributed by atoms with Crippen molar-refractivity contribution in [1.29, 1.82) is 0 Å². The lowest BCUT2D eigenvalue weighted by atomic mass is 9.90. The number of amides is 1. The zero-order valence-corrected chi connectivity index (χ0v) is 18.7. The van der Waals surface area contributed by atoms with Crippen molar-refractivity contribution in [3.63, 3.8) is 0 Å². The molecule has 7 nitrogen and oxygen atoms in total. The number of hydrogen-bond donors (Lipinski definition) is 1. The van der Waals surface area contributed by atoms with Crippen LogP contribution in [0.2, 0.25) is 0 Å². The molecule has 0 radical (unpaired) electrons. The van der Waals surface area contributed by atoms with Gasteiger partial charge in [-0.25, -0.2) is 9.97 Å². The fourth-order valence-corrected chi connectivity index (χ4v) is 4.13. The monoisotopic (exact) mass is 430 g/mol. The first-order chi connectivity index (χ1) is 15.6. The third-order valence-electron chi connectivity index (χ3n) is 5.74. The summed E-state index contributed by atoms with van der Waals surface area (Å²) in [5.74, 6) is 0.991. The molecule has 0 bridgehead atoms. The van der Waals surface area contributed by atoms with Crippen molar-refractivity contribution in [3.8, 4) is 11.1 Å². The number of nitrogens with one attached hydrogen (secondary N) is 1. The van der Waals surface area contributed by atoms with Gasteiger partial charge in [-0.3, -0.25) is 14.7 Å². The predicted molar refractivity (Wildman–Crippen MR) is 126 cm³/mol. The van der Waals surface area contributed by atoms with Gasteiger partial charge in [0, 0.05) is 44.5 Å². The van der Waals surface area contributed by atoms with E-state index in [2.05, 4.69) is 32.3 Å². The maximum absolute atomic E-state index is 12.5. The third kappa shape index (κ3) is 5.48. The van der Waals surface area contributed by atoms with Gasteiger partial charge in [-0.15, -0.1) is 0 Å². The van der Waals surface area contributed by atoms with Crippen LogP contribution >= 0.6 is 0 Å². The number of hydrogen-bond acceptors (Lipinski definition) is 6. The lowest BCUT2D eigenvalue weighted by Crippen LogP contribution is -2.42. The van der Waals surface area contributed by atoms with Crippen molar-refractivity contribution in [2.75, 3.05) is 38.6 Å². The number of nitrogens with zero attached hydrogens (tertiary/aromatic N) is 5. The van der Waals surface area contributed by atoms with E-state index in [1.807, 2.05) is 61.6 Å². The van der Waals surface area contributed by atoms with Gasteiger partial charge in [-0.1, -0.05) is 36.4 Å². The van der Waals surface area contributed by atoms with Crippen LogP contribution in [0.1, 0.15) is 30.1 Å². The summed E-state index contributed by atoms with van der Waals surface area (Å²) < 4.78 is 0. The van der Waals surface area contributed by atoms with Crippen LogP contribution in [0.5, 0.6) is 0 Å². The SMILES string of the molecule is CN(C)c1ncc(-c2ccccc2)c([C@H]2CCCN(CC(=O)NCc3ccccn3)C2)n1. The molecule has 2 aromatic heterocycles. The summed E-state index contributed by atoms with van der Waals surface area (Å²) in [4.78, 5) is 30.5. The van der Waals surface area contributed by atoms with Crippen molar-refractivity contribution in [3.05, 3.63) is 72.3 Å². The Bertz CT molecular complexity index is 1030. The number of pyridine rings is 1. The highest BCUT2D eigenvalue weighted by Gasteiger charge is 2.27. The highest BCUT2D eigenvalue weighted by atomic mass is 16.2. The van der Waals surface area contributed by atoms with E-state index in [1.165, 1.54) is 0 Å². The number of aromatic nitrogens is 3. The molecule has 1 N–H and O–H groups in total. The molecule has 4 rings (SSSR count). The summed E-state index contributed by atoms with van der Waals surface area (Å²) >= 11 is 0. The fourth-order valence-electron chi connectivity index (χ4n) is 4.13. The lowest BCUT2D eigenvalue weighted by molar-refractivity contribution is -0.122. The summed E-state index contributed by atoms with van der Waals surface area (Å²) in [6.45, 7) is 2.56. The molecule has 1 amide bonds. The number of anilines is 1. The first-order valence-corrected chi connectivity index (χ1v) is 11.1. The Kier molecular flexibility index (Phi) is 7.07. The van der Waals surface area contributed by atoms with Gasteiger partial charge in [0.2, 0.25) is 11.9 Å². The first-order valence-electron chi connectivity index (χ1n) is 11.1. The lowest BCUT2D eigenvalue weighted by Gasteiger charge is -2.33. The van der Waals surface area contributed by atoms with Gasteiger partial charge >= 0.3 is 0 Å². The van der Waals surface area contributed by atoms with E-state index < -0.39 is 0 Å². The molecule has 7 heteroatoms. The molecule has 0 unspecified atom stereocenters. The standard InChI is InChI=1S/C25H30N6O/c1-30(2)25-28-16-22(19-9-4-3-5-10-19)24(29-25)20-11-8-14-31(17-20)18-23(32)27-15-21-12-6-7-13-26-21/h3-7,9-10,12-13,16,20H,8,11,14-15,17-18H2,1-2H3,(H,27,32)/t20-/m0/s1. The summed E-state index contributed by atoms with van der Waals surface area (Å²) in [6, 6.07) is 16.0. The molecule has 3 aromatic rings. The van der Waals surface area contributed by atoms with E-state index in [4.69, 9.17) is 4.98 Å². The fraction of sp³-hybridized carbons (Fsp3) is 0.360. The Hall–Kier alpha value is -3.32. The number of piperidine rings is 1. The quantitative estimate of drug-likeness (QED) is 0.621. The smallest absolute Gasteiger partial charge is 0.234 e. The Morgan fingerprint density at radius 2 is 1.94 bits per heavy atom. The average molecular weight is 431 g/mol. The molecule has 1 aliphatic heterocycles. The molecule has 1 fully saturated rings. The maximum Gasteiger partial charge on any atom is 0.234 e. The highest BCUT2D eigenvalue weighted by molar-refractivity contribution is 5.78. The van der Waals surface area contributed by atoms with Crippen molar-refractivity contribution in [2.45, 2.75) is 25.3 Å². The number of carbonyl (C=O) groups is 1. The van der Waals surface area contributed by atoms with Crippen molar-refractivity contribution in [1.82, 2.24) is 25.2 Å². The van der Waals surface area contributed by atoms with Crippen LogP contribution < -0.4 is 10.2 Å². The molecule has 1 aliphatic rings. The van der Waals surface area contributed by atoms with Crippen LogP contribution in [0.3, 0.4) is 0 Å². The Balaban J connectivity index is 1.47. The van der Waals surface area contributed by atoms with E-state index in [1.54, 1.807) is 6.20 Å². The van der Waals surface area contributed by atoms with Gasteiger partial charge < -0.3 is 10.2 Å². The number of likely N-dealkylation sites (tertiary alicyclic amines) is 1. The number of carbonyl (C=O) groups excluding carboxylic acids is 1. The second kappa shape index (κ2) is 10.3. The number of rotatable bonds is 7. The molecule has 32 heavy (non-hydrogen) atoms. The van der Waals surface area contributed by atoms with Crippen LogP contribution in [0.15, 0.2) is 60.9 Å². The molecule has 3 heterocycles. The maximum atomic E-state index is 12.5. The first kappa shape index (κ1) is 21.9. The second-order valence-electron chi connectivity index (χ2n) is 8.40. The summed E-state index contributed by atoms with van der Waals surface area (Å²) in [7, 11) is 3.92. The summed E-state index contributed by atoms with van der Waals surface area (Å²) in [5.41, 5.74) is 4.12. The minimum atomic E-state index is 0.0243. The molecule has 0 spiro atoms. The molecule has 1 aromatic carbocycles. The van der Waals surface area contributed by atoms with Gasteiger partial charge in [0.05, 0.1) is 24.5 Å². The topological polar surface area (TPSA) is 74.2 Å². The van der Waals surface area contributed by atoms with Crippen molar-refractivity contribution in [2.24, 2.45) is 0 Å². The van der Waals surface area contributed by atoms with Crippen molar-refractivity contribution >= 4 is 11.9 Å².